The molecule has 1 aliphatic heterocycles. The molecule has 0 spiro atoms. The van der Waals surface area contributed by atoms with Crippen LogP contribution < -0.4 is 0 Å². The van der Waals surface area contributed by atoms with E-state index in [9.17, 15) is 40.2 Å². The molecule has 1 aromatic rings. The maximum atomic E-state index is 12.4. The van der Waals surface area contributed by atoms with Crippen molar-refractivity contribution in [2.24, 2.45) is 0 Å². The molecule has 0 aromatic heterocycles. The van der Waals surface area contributed by atoms with Crippen molar-refractivity contribution < 1.29 is 54.4 Å². The van der Waals surface area contributed by atoms with E-state index < -0.39 is 55.4 Å². The summed E-state index contributed by atoms with van der Waals surface area (Å²) in [4.78, 5) is 24.2. The number of aliphatic carboxylic acids is 1. The molecule has 0 bridgehead atoms. The topological polar surface area (TPSA) is 183 Å². The number of benzene rings is 1. The molecule has 0 radical (unpaired) electrons. The lowest BCUT2D eigenvalue weighted by atomic mass is 9.99. The predicted octanol–water partition coefficient (Wildman–Crippen LogP) is -0.135. The van der Waals surface area contributed by atoms with Crippen molar-refractivity contribution in [1.29, 1.82) is 0 Å². The highest BCUT2D eigenvalue weighted by Crippen LogP contribution is 2.34. The van der Waals surface area contributed by atoms with E-state index in [1.54, 1.807) is 19.1 Å². The first-order valence-corrected chi connectivity index (χ1v) is 10.9. The number of ether oxygens (including phenoxy) is 3. The fourth-order valence-electron chi connectivity index (χ4n) is 3.91. The van der Waals surface area contributed by atoms with Gasteiger partial charge in [0.05, 0.1) is 18.8 Å². The second-order valence-corrected chi connectivity index (χ2v) is 8.21. The number of aliphatic hydroxyl groups is 4. The highest BCUT2D eigenvalue weighted by Gasteiger charge is 2.44. The van der Waals surface area contributed by atoms with Gasteiger partial charge in [-0.1, -0.05) is 23.8 Å². The zero-order chi connectivity index (χ0) is 25.7. The van der Waals surface area contributed by atoms with Gasteiger partial charge in [0, 0.05) is 18.1 Å². The summed E-state index contributed by atoms with van der Waals surface area (Å²) in [5, 5.41) is 58.0. The third kappa shape index (κ3) is 6.34. The molecule has 6 N–H and O–H groups in total. The number of esters is 1. The van der Waals surface area contributed by atoms with E-state index in [4.69, 9.17) is 14.2 Å². The Morgan fingerprint density at radius 1 is 1.11 bits per heavy atom. The SMILES string of the molecule is CC1=C(C(=O)O)C(=CCO[C@H]2O[C@H](CO)[C@@H](O)[C@H](O)[C@H]2O)[C@H](OC(=O)C=Cc2ccc(O)cc2)C1. The highest BCUT2D eigenvalue weighted by molar-refractivity contribution is 5.95. The van der Waals surface area contributed by atoms with Crippen molar-refractivity contribution in [1.82, 2.24) is 0 Å². The van der Waals surface area contributed by atoms with Crippen molar-refractivity contribution in [3.8, 4) is 5.75 Å². The Morgan fingerprint density at radius 2 is 1.80 bits per heavy atom. The lowest BCUT2D eigenvalue weighted by molar-refractivity contribution is -0.298. The summed E-state index contributed by atoms with van der Waals surface area (Å²) in [6.45, 7) is 0.710. The number of carboxylic acids is 1. The molecule has 1 fully saturated rings. The Balaban J connectivity index is 1.69. The lowest BCUT2D eigenvalue weighted by Gasteiger charge is -2.39. The monoisotopic (exact) mass is 492 g/mol. The number of aliphatic hydroxyl groups excluding tert-OH is 4. The van der Waals surface area contributed by atoms with Gasteiger partial charge in [-0.25, -0.2) is 9.59 Å². The van der Waals surface area contributed by atoms with Gasteiger partial charge in [0.1, 0.15) is 36.3 Å². The van der Waals surface area contributed by atoms with Crippen LogP contribution in [0.5, 0.6) is 5.75 Å². The Morgan fingerprint density at radius 3 is 2.43 bits per heavy atom. The summed E-state index contributed by atoms with van der Waals surface area (Å²) in [5.74, 6) is -1.83. The van der Waals surface area contributed by atoms with Crippen molar-refractivity contribution in [2.75, 3.05) is 13.2 Å². The van der Waals surface area contributed by atoms with Crippen molar-refractivity contribution in [2.45, 2.75) is 50.2 Å². The first-order valence-electron chi connectivity index (χ1n) is 10.9. The first-order chi connectivity index (χ1) is 16.6. The molecule has 1 aliphatic carbocycles. The maximum Gasteiger partial charge on any atom is 0.336 e. The normalized spacial score (nSPS) is 30.3. The first kappa shape index (κ1) is 26.5. The summed E-state index contributed by atoms with van der Waals surface area (Å²) < 4.78 is 16.1. The van der Waals surface area contributed by atoms with Crippen LogP contribution in [0.1, 0.15) is 18.9 Å². The average Bonchev–Trinajstić information content (AvgIpc) is 3.13. The molecule has 0 unspecified atom stereocenters. The number of carbonyl (C=O) groups is 2. The van der Waals surface area contributed by atoms with Gasteiger partial charge in [-0.2, -0.15) is 0 Å². The number of carbonyl (C=O) groups excluding carboxylic acids is 1. The molecule has 1 saturated heterocycles. The van der Waals surface area contributed by atoms with E-state index in [2.05, 4.69) is 0 Å². The zero-order valence-electron chi connectivity index (χ0n) is 18.9. The minimum atomic E-state index is -1.61. The number of phenolic OH excluding ortho intramolecular Hbond substituents is 1. The third-order valence-corrected chi connectivity index (χ3v) is 5.74. The van der Waals surface area contributed by atoms with E-state index in [1.165, 1.54) is 30.4 Å². The van der Waals surface area contributed by atoms with Gasteiger partial charge in [-0.05, 0) is 30.7 Å². The van der Waals surface area contributed by atoms with Crippen LogP contribution in [-0.2, 0) is 23.8 Å². The molecule has 0 amide bonds. The Labute approximate surface area is 200 Å². The van der Waals surface area contributed by atoms with Crippen LogP contribution in [0.3, 0.4) is 0 Å². The van der Waals surface area contributed by atoms with Crippen molar-refractivity contribution in [3.63, 3.8) is 0 Å². The van der Waals surface area contributed by atoms with Crippen molar-refractivity contribution >= 4 is 18.0 Å². The van der Waals surface area contributed by atoms with E-state index in [0.717, 1.165) is 0 Å². The molecule has 11 heteroatoms. The number of rotatable bonds is 8. The number of aromatic hydroxyl groups is 1. The number of hydrogen-bond donors (Lipinski definition) is 6. The van der Waals surface area contributed by atoms with E-state index in [-0.39, 0.29) is 29.9 Å². The Kier molecular flexibility index (Phi) is 8.78. The second-order valence-electron chi connectivity index (χ2n) is 8.21. The average molecular weight is 492 g/mol. The fraction of sp³-hybridized carbons (Fsp3) is 0.417. The molecule has 35 heavy (non-hydrogen) atoms. The second kappa shape index (κ2) is 11.6. The highest BCUT2D eigenvalue weighted by atomic mass is 16.7. The van der Waals surface area contributed by atoms with Crippen LogP contribution in [0.4, 0.5) is 0 Å². The molecule has 11 nitrogen and oxygen atoms in total. The zero-order valence-corrected chi connectivity index (χ0v) is 18.9. The van der Waals surface area contributed by atoms with Gasteiger partial charge in [0.15, 0.2) is 6.29 Å². The quantitative estimate of drug-likeness (QED) is 0.210. The van der Waals surface area contributed by atoms with Gasteiger partial charge in [-0.3, -0.25) is 0 Å². The summed E-state index contributed by atoms with van der Waals surface area (Å²) in [7, 11) is 0. The molecular weight excluding hydrogens is 464 g/mol. The van der Waals surface area contributed by atoms with E-state index in [0.29, 0.717) is 11.1 Å². The van der Waals surface area contributed by atoms with Gasteiger partial charge in [0.25, 0.3) is 0 Å². The third-order valence-electron chi connectivity index (χ3n) is 5.74. The van der Waals surface area contributed by atoms with Gasteiger partial charge in [0.2, 0.25) is 0 Å². The number of carboxylic acid groups (broad SMARTS) is 1. The molecule has 3 rings (SSSR count). The predicted molar refractivity (Wildman–Crippen MR) is 120 cm³/mol. The van der Waals surface area contributed by atoms with Crippen LogP contribution in [0.2, 0.25) is 0 Å². The van der Waals surface area contributed by atoms with Crippen LogP contribution in [0.25, 0.3) is 6.08 Å². The number of phenols is 1. The Bertz CT molecular complexity index is 1010. The van der Waals surface area contributed by atoms with Gasteiger partial charge >= 0.3 is 11.9 Å². The standard InChI is InChI=1S/C24H28O11/c1-12-10-16(34-18(27)7-4-13-2-5-14(26)6-3-13)15(19(12)23(31)32)8-9-33-24-22(30)21(29)20(28)17(11-25)35-24/h2-8,16-17,20-22,24-26,28-30H,9-11H2,1H3,(H,31,32)/t16-,17-,20-,21+,22-,24+/m1/s1. The largest absolute Gasteiger partial charge is 0.508 e. The summed E-state index contributed by atoms with van der Waals surface area (Å²) in [6.07, 6.45) is -3.99. The summed E-state index contributed by atoms with van der Waals surface area (Å²) >= 11 is 0. The minimum absolute atomic E-state index is 0.0253. The van der Waals surface area contributed by atoms with E-state index in [1.807, 2.05) is 0 Å². The summed E-state index contributed by atoms with van der Waals surface area (Å²) in [6, 6.07) is 6.13. The molecular formula is C24H28O11. The molecule has 2 aliphatic rings. The van der Waals surface area contributed by atoms with Crippen LogP contribution in [-0.4, -0.2) is 92.6 Å². The van der Waals surface area contributed by atoms with Crippen LogP contribution in [0, 0.1) is 0 Å². The minimum Gasteiger partial charge on any atom is -0.508 e. The molecule has 1 aromatic carbocycles. The lowest BCUT2D eigenvalue weighted by Crippen LogP contribution is -2.59. The van der Waals surface area contributed by atoms with Crippen LogP contribution in [0.15, 0.2) is 53.1 Å². The van der Waals surface area contributed by atoms with E-state index >= 15 is 0 Å². The molecule has 1 heterocycles. The molecule has 6 atom stereocenters. The summed E-state index contributed by atoms with van der Waals surface area (Å²) in [5.41, 5.74) is 1.32. The molecule has 190 valence electrons. The van der Waals surface area contributed by atoms with Gasteiger partial charge in [-0.15, -0.1) is 0 Å². The fourth-order valence-corrected chi connectivity index (χ4v) is 3.91. The van der Waals surface area contributed by atoms with Crippen LogP contribution >= 0.6 is 0 Å². The van der Waals surface area contributed by atoms with Crippen molar-refractivity contribution in [3.05, 3.63) is 58.7 Å². The smallest absolute Gasteiger partial charge is 0.336 e. The molecule has 0 saturated carbocycles. The van der Waals surface area contributed by atoms with Gasteiger partial charge < -0.3 is 44.8 Å². The Hall–Kier alpha value is -3.06. The number of hydrogen-bond acceptors (Lipinski definition) is 10. The maximum absolute atomic E-state index is 12.4.